The number of nitrogens with one attached hydrogen (secondary N) is 1. The van der Waals surface area contributed by atoms with Crippen molar-refractivity contribution in [2.75, 3.05) is 19.0 Å². The van der Waals surface area contributed by atoms with E-state index in [0.29, 0.717) is 16.4 Å². The number of para-hydroxylation sites is 2. The van der Waals surface area contributed by atoms with Gasteiger partial charge in [-0.15, -0.1) is 0 Å². The van der Waals surface area contributed by atoms with Crippen molar-refractivity contribution in [2.24, 2.45) is 5.84 Å². The molecule has 0 spiro atoms. The van der Waals surface area contributed by atoms with Crippen molar-refractivity contribution < 1.29 is 17.9 Å². The molecule has 0 heterocycles. The average Bonchev–Trinajstić information content (AvgIpc) is 2.27. The number of hydrogen-bond donors (Lipinski definition) is 2. The maximum absolute atomic E-state index is 12.1. The topological polar surface area (TPSA) is 50.5 Å². The quantitative estimate of drug-likeness (QED) is 0.504. The van der Waals surface area contributed by atoms with Crippen LogP contribution in [0.15, 0.2) is 24.3 Å². The number of hydrazine groups is 1. The summed E-state index contributed by atoms with van der Waals surface area (Å²) in [6, 6.07) is 6.68. The molecule has 0 radical (unpaired) electrons. The summed E-state index contributed by atoms with van der Waals surface area (Å²) in [5.74, 6) is 5.67. The molecule has 0 bridgehead atoms. The number of ether oxygens (including phenoxy) is 1. The van der Waals surface area contributed by atoms with E-state index in [9.17, 15) is 13.2 Å². The molecule has 1 rings (SSSR count). The Bertz CT molecular complexity index is 425. The third-order valence-electron chi connectivity index (χ3n) is 1.96. The van der Waals surface area contributed by atoms with Gasteiger partial charge in [-0.2, -0.15) is 13.2 Å². The van der Waals surface area contributed by atoms with Crippen LogP contribution in [0.4, 0.5) is 18.9 Å². The summed E-state index contributed by atoms with van der Waals surface area (Å²) in [5.41, 5.74) is 0.447. The van der Waals surface area contributed by atoms with Crippen molar-refractivity contribution in [3.63, 3.8) is 0 Å². The van der Waals surface area contributed by atoms with Gasteiger partial charge < -0.3 is 10.1 Å². The van der Waals surface area contributed by atoms with Crippen LogP contribution < -0.4 is 15.9 Å². The molecule has 0 unspecified atom stereocenters. The molecule has 0 aliphatic heterocycles. The van der Waals surface area contributed by atoms with Gasteiger partial charge >= 0.3 is 6.18 Å². The lowest BCUT2D eigenvalue weighted by Crippen LogP contribution is -2.45. The zero-order chi connectivity index (χ0) is 13.8. The van der Waals surface area contributed by atoms with E-state index in [1.807, 2.05) is 0 Å². The van der Waals surface area contributed by atoms with E-state index in [0.717, 1.165) is 0 Å². The Balaban J connectivity index is 2.70. The van der Waals surface area contributed by atoms with Gasteiger partial charge in [-0.1, -0.05) is 12.1 Å². The van der Waals surface area contributed by atoms with Gasteiger partial charge in [0.2, 0.25) is 0 Å². The first-order chi connectivity index (χ1) is 8.33. The molecule has 0 aliphatic carbocycles. The SMILES string of the molecule is COc1ccccc1NC(=S)N(N)CC(F)(F)F. The van der Waals surface area contributed by atoms with Crippen LogP contribution in [0.25, 0.3) is 0 Å². The third-order valence-corrected chi connectivity index (χ3v) is 2.30. The van der Waals surface area contributed by atoms with Crippen LogP contribution in [0.2, 0.25) is 0 Å². The number of thiocarbonyl (C=S) groups is 1. The Kier molecular flexibility index (Phi) is 4.74. The van der Waals surface area contributed by atoms with Gasteiger partial charge in [0.15, 0.2) is 5.11 Å². The van der Waals surface area contributed by atoms with Crippen molar-refractivity contribution >= 4 is 23.0 Å². The van der Waals surface area contributed by atoms with Crippen LogP contribution in [0.1, 0.15) is 0 Å². The summed E-state index contributed by atoms with van der Waals surface area (Å²) in [6.45, 7) is -1.33. The smallest absolute Gasteiger partial charge is 0.407 e. The predicted octanol–water partition coefficient (Wildman–Crippen LogP) is 2.13. The summed E-state index contributed by atoms with van der Waals surface area (Å²) in [7, 11) is 1.44. The number of hydrogen-bond acceptors (Lipinski definition) is 3. The molecular weight excluding hydrogens is 267 g/mol. The minimum absolute atomic E-state index is 0.239. The normalized spacial score (nSPS) is 10.9. The second kappa shape index (κ2) is 5.87. The molecule has 8 heteroatoms. The van der Waals surface area contributed by atoms with Gasteiger partial charge in [-0.3, -0.25) is 5.01 Å². The van der Waals surface area contributed by atoms with Gasteiger partial charge in [0.05, 0.1) is 12.8 Å². The Labute approximate surface area is 107 Å². The predicted molar refractivity (Wildman–Crippen MR) is 66.2 cm³/mol. The largest absolute Gasteiger partial charge is 0.495 e. The minimum atomic E-state index is -4.42. The van der Waals surface area contributed by atoms with Crippen LogP contribution >= 0.6 is 12.2 Å². The molecule has 0 fully saturated rings. The molecule has 1 aromatic carbocycles. The number of nitrogens with two attached hydrogens (primary N) is 1. The highest BCUT2D eigenvalue weighted by atomic mass is 32.1. The second-order valence-corrected chi connectivity index (χ2v) is 3.76. The van der Waals surface area contributed by atoms with Gasteiger partial charge in [0.1, 0.15) is 12.3 Å². The highest BCUT2D eigenvalue weighted by Gasteiger charge is 2.30. The van der Waals surface area contributed by atoms with Crippen LogP contribution in [-0.2, 0) is 0 Å². The summed E-state index contributed by atoms with van der Waals surface area (Å²) in [4.78, 5) is 0. The number of alkyl halides is 3. The molecule has 4 nitrogen and oxygen atoms in total. The lowest BCUT2D eigenvalue weighted by Gasteiger charge is -2.22. The monoisotopic (exact) mass is 279 g/mol. The molecule has 0 saturated carbocycles. The van der Waals surface area contributed by atoms with Gasteiger partial charge in [0, 0.05) is 0 Å². The molecule has 0 atom stereocenters. The maximum atomic E-state index is 12.1. The number of benzene rings is 1. The molecular formula is C10H12F3N3OS. The number of anilines is 1. The zero-order valence-electron chi connectivity index (χ0n) is 9.49. The Morgan fingerprint density at radius 2 is 2.06 bits per heavy atom. The first kappa shape index (κ1) is 14.5. The van der Waals surface area contributed by atoms with Crippen LogP contribution in [0, 0.1) is 0 Å². The fraction of sp³-hybridized carbons (Fsp3) is 0.300. The van der Waals surface area contributed by atoms with Crippen molar-refractivity contribution in [3.05, 3.63) is 24.3 Å². The molecule has 3 N–H and O–H groups in total. The minimum Gasteiger partial charge on any atom is -0.495 e. The molecule has 100 valence electrons. The van der Waals surface area contributed by atoms with Gasteiger partial charge in [-0.25, -0.2) is 5.84 Å². The molecule has 0 saturated heterocycles. The first-order valence-corrected chi connectivity index (χ1v) is 5.27. The van der Waals surface area contributed by atoms with Crippen LogP contribution in [-0.4, -0.2) is 30.0 Å². The fourth-order valence-corrected chi connectivity index (χ4v) is 1.37. The van der Waals surface area contributed by atoms with Crippen LogP contribution in [0.3, 0.4) is 0 Å². The number of methoxy groups -OCH3 is 1. The standard InChI is InChI=1S/C10H12F3N3OS/c1-17-8-5-3-2-4-7(8)15-9(18)16(14)6-10(11,12)13/h2-5H,6,14H2,1H3,(H,15,18). The Morgan fingerprint density at radius 3 is 2.61 bits per heavy atom. The number of halogens is 3. The highest BCUT2D eigenvalue weighted by molar-refractivity contribution is 7.80. The lowest BCUT2D eigenvalue weighted by atomic mass is 10.3. The van der Waals surface area contributed by atoms with E-state index in [1.165, 1.54) is 7.11 Å². The summed E-state index contributed by atoms with van der Waals surface area (Å²) < 4.78 is 41.4. The first-order valence-electron chi connectivity index (χ1n) is 4.86. The van der Waals surface area contributed by atoms with E-state index in [1.54, 1.807) is 24.3 Å². The van der Waals surface area contributed by atoms with E-state index < -0.39 is 12.7 Å². The number of nitrogens with zero attached hydrogens (tertiary/aromatic N) is 1. The zero-order valence-corrected chi connectivity index (χ0v) is 10.3. The van der Waals surface area contributed by atoms with E-state index >= 15 is 0 Å². The summed E-state index contributed by atoms with van der Waals surface area (Å²) in [5, 5.41) is 2.77. The second-order valence-electron chi connectivity index (χ2n) is 3.37. The summed E-state index contributed by atoms with van der Waals surface area (Å²) in [6.07, 6.45) is -4.42. The lowest BCUT2D eigenvalue weighted by molar-refractivity contribution is -0.137. The molecule has 0 amide bonds. The molecule has 0 aliphatic rings. The highest BCUT2D eigenvalue weighted by Crippen LogP contribution is 2.23. The van der Waals surface area contributed by atoms with Crippen molar-refractivity contribution in [2.45, 2.75) is 6.18 Å². The molecule has 18 heavy (non-hydrogen) atoms. The van der Waals surface area contributed by atoms with Crippen molar-refractivity contribution in [1.29, 1.82) is 0 Å². The average molecular weight is 279 g/mol. The maximum Gasteiger partial charge on any atom is 0.407 e. The molecule has 1 aromatic rings. The van der Waals surface area contributed by atoms with E-state index in [4.69, 9.17) is 22.8 Å². The van der Waals surface area contributed by atoms with Gasteiger partial charge in [-0.05, 0) is 24.4 Å². The van der Waals surface area contributed by atoms with Crippen LogP contribution in [0.5, 0.6) is 5.75 Å². The van der Waals surface area contributed by atoms with Crippen molar-refractivity contribution in [1.82, 2.24) is 5.01 Å². The van der Waals surface area contributed by atoms with Gasteiger partial charge in [0.25, 0.3) is 0 Å². The fourth-order valence-electron chi connectivity index (χ4n) is 1.20. The Hall–Kier alpha value is -1.54. The molecule has 0 aromatic heterocycles. The Morgan fingerprint density at radius 1 is 1.44 bits per heavy atom. The van der Waals surface area contributed by atoms with Crippen molar-refractivity contribution in [3.8, 4) is 5.75 Å². The summed E-state index contributed by atoms with van der Waals surface area (Å²) >= 11 is 4.77. The van der Waals surface area contributed by atoms with E-state index in [2.05, 4.69) is 5.32 Å². The number of rotatable bonds is 3. The third kappa shape index (κ3) is 4.38. The van der Waals surface area contributed by atoms with E-state index in [-0.39, 0.29) is 5.11 Å².